The Morgan fingerprint density at radius 1 is 1.38 bits per heavy atom. The molecule has 0 aromatic heterocycles. The quantitative estimate of drug-likeness (QED) is 0.594. The van der Waals surface area contributed by atoms with E-state index in [-0.39, 0.29) is 11.8 Å². The molecule has 0 fully saturated rings. The minimum atomic E-state index is -4.90. The molecule has 0 saturated heterocycles. The van der Waals surface area contributed by atoms with Crippen molar-refractivity contribution in [3.05, 3.63) is 29.3 Å². The minimum absolute atomic E-state index is 0.100. The van der Waals surface area contributed by atoms with Gasteiger partial charge in [0.05, 0.1) is 5.56 Å². The van der Waals surface area contributed by atoms with Crippen molar-refractivity contribution >= 4 is 12.1 Å². The molecule has 0 saturated carbocycles. The monoisotopic (exact) mass is 232 g/mol. The maximum absolute atomic E-state index is 12.0. The Labute approximate surface area is 88.8 Å². The van der Waals surface area contributed by atoms with Crippen LogP contribution < -0.4 is 4.74 Å². The molecule has 1 aromatic carbocycles. The predicted octanol–water partition coefficient (Wildman–Crippen LogP) is 2.60. The highest BCUT2D eigenvalue weighted by Crippen LogP contribution is 2.27. The third-order valence-corrected chi connectivity index (χ3v) is 1.79. The van der Waals surface area contributed by atoms with Crippen molar-refractivity contribution in [2.24, 2.45) is 0 Å². The van der Waals surface area contributed by atoms with Crippen LogP contribution in [0.4, 0.5) is 13.2 Å². The Morgan fingerprint density at radius 2 is 2.00 bits per heavy atom. The topological polar surface area (TPSA) is 43.4 Å². The summed E-state index contributed by atoms with van der Waals surface area (Å²) in [5.41, 5.74) is -0.496. The van der Waals surface area contributed by atoms with Gasteiger partial charge in [-0.05, 0) is 13.0 Å². The van der Waals surface area contributed by atoms with E-state index in [0.717, 1.165) is 13.0 Å². The van der Waals surface area contributed by atoms with Gasteiger partial charge >= 0.3 is 6.36 Å². The lowest BCUT2D eigenvalue weighted by molar-refractivity contribution is -0.274. The van der Waals surface area contributed by atoms with Crippen molar-refractivity contribution in [1.82, 2.24) is 0 Å². The number of ether oxygens (including phenoxy) is 1. The first-order chi connectivity index (χ1) is 7.35. The maximum atomic E-state index is 12.0. The number of carbonyl (C=O) groups excluding carboxylic acids is 2. The Hall–Kier alpha value is -1.85. The molecule has 0 aliphatic rings. The number of rotatable bonds is 3. The van der Waals surface area contributed by atoms with Gasteiger partial charge in [0, 0.05) is 5.56 Å². The van der Waals surface area contributed by atoms with E-state index in [4.69, 9.17) is 0 Å². The number of carbonyl (C=O) groups is 2. The number of hydrogen-bond acceptors (Lipinski definition) is 3. The Balaban J connectivity index is 3.24. The van der Waals surface area contributed by atoms with Gasteiger partial charge in [-0.15, -0.1) is 13.2 Å². The molecule has 0 heterocycles. The molecular weight excluding hydrogens is 225 g/mol. The summed E-state index contributed by atoms with van der Waals surface area (Å²) in [5, 5.41) is 0. The van der Waals surface area contributed by atoms with Crippen LogP contribution in [0.25, 0.3) is 0 Å². The number of alkyl halides is 3. The first-order valence-corrected chi connectivity index (χ1v) is 4.20. The fourth-order valence-corrected chi connectivity index (χ4v) is 1.19. The summed E-state index contributed by atoms with van der Waals surface area (Å²) in [6.45, 7) is 1.15. The molecule has 3 nitrogen and oxygen atoms in total. The normalized spacial score (nSPS) is 11.0. The first kappa shape index (κ1) is 12.2. The summed E-state index contributed by atoms with van der Waals surface area (Å²) < 4.78 is 39.5. The smallest absolute Gasteiger partial charge is 0.405 e. The molecule has 0 amide bonds. The van der Waals surface area contributed by atoms with Crippen LogP contribution >= 0.6 is 0 Å². The van der Waals surface area contributed by atoms with Crippen LogP contribution in [0.15, 0.2) is 18.2 Å². The molecule has 0 atom stereocenters. The van der Waals surface area contributed by atoms with Gasteiger partial charge in [-0.2, -0.15) is 0 Å². The highest BCUT2D eigenvalue weighted by molar-refractivity contribution is 6.02. The largest absolute Gasteiger partial charge is 0.573 e. The lowest BCUT2D eigenvalue weighted by Crippen LogP contribution is -2.18. The molecule has 0 unspecified atom stereocenters. The van der Waals surface area contributed by atoms with Crippen molar-refractivity contribution in [1.29, 1.82) is 0 Å². The van der Waals surface area contributed by atoms with E-state index in [1.54, 1.807) is 0 Å². The van der Waals surface area contributed by atoms with Crippen LogP contribution in [0.5, 0.6) is 5.75 Å². The standard InChI is InChI=1S/C10H7F3O3/c1-6(15)7-3-2-4-9(8(7)5-14)16-10(11,12)13/h2-5H,1H3. The summed E-state index contributed by atoms with van der Waals surface area (Å²) in [6, 6.07) is 3.45. The average Bonchev–Trinajstić information content (AvgIpc) is 2.14. The summed E-state index contributed by atoms with van der Waals surface area (Å²) >= 11 is 0. The molecule has 0 radical (unpaired) electrons. The van der Waals surface area contributed by atoms with Crippen molar-refractivity contribution in [3.63, 3.8) is 0 Å². The second-order valence-electron chi connectivity index (χ2n) is 2.94. The Kier molecular flexibility index (Phi) is 3.31. The first-order valence-electron chi connectivity index (χ1n) is 4.20. The van der Waals surface area contributed by atoms with Crippen LogP contribution in [0.2, 0.25) is 0 Å². The molecule has 0 bridgehead atoms. The summed E-state index contributed by atoms with van der Waals surface area (Å²) in [4.78, 5) is 21.7. The molecule has 0 aliphatic heterocycles. The Bertz CT molecular complexity index is 424. The molecule has 0 spiro atoms. The molecule has 6 heteroatoms. The number of Topliss-reactive ketones (excluding diaryl/α,β-unsaturated/α-hetero) is 1. The molecule has 1 aromatic rings. The van der Waals surface area contributed by atoms with E-state index < -0.39 is 23.5 Å². The van der Waals surface area contributed by atoms with Gasteiger partial charge in [0.25, 0.3) is 0 Å². The van der Waals surface area contributed by atoms with E-state index in [1.807, 2.05) is 0 Å². The molecule has 0 N–H and O–H groups in total. The number of hydrogen-bond donors (Lipinski definition) is 0. The van der Waals surface area contributed by atoms with Crippen LogP contribution in [0.1, 0.15) is 27.6 Å². The molecule has 16 heavy (non-hydrogen) atoms. The molecule has 0 aliphatic carbocycles. The van der Waals surface area contributed by atoms with Gasteiger partial charge in [-0.1, -0.05) is 12.1 Å². The average molecular weight is 232 g/mol. The highest BCUT2D eigenvalue weighted by Gasteiger charge is 2.32. The summed E-state index contributed by atoms with van der Waals surface area (Å²) in [7, 11) is 0. The number of aldehydes is 1. The van der Waals surface area contributed by atoms with Gasteiger partial charge in [0.1, 0.15) is 5.75 Å². The van der Waals surface area contributed by atoms with Crippen molar-refractivity contribution in [3.8, 4) is 5.75 Å². The minimum Gasteiger partial charge on any atom is -0.405 e. The van der Waals surface area contributed by atoms with Crippen LogP contribution in [-0.4, -0.2) is 18.4 Å². The highest BCUT2D eigenvalue weighted by atomic mass is 19.4. The second-order valence-corrected chi connectivity index (χ2v) is 2.94. The van der Waals surface area contributed by atoms with Gasteiger partial charge in [-0.25, -0.2) is 0 Å². The van der Waals surface area contributed by atoms with Gasteiger partial charge in [0.15, 0.2) is 12.1 Å². The van der Waals surface area contributed by atoms with E-state index >= 15 is 0 Å². The van der Waals surface area contributed by atoms with Crippen molar-refractivity contribution < 1.29 is 27.5 Å². The van der Waals surface area contributed by atoms with Crippen LogP contribution in [-0.2, 0) is 0 Å². The SMILES string of the molecule is CC(=O)c1cccc(OC(F)(F)F)c1C=O. The zero-order chi connectivity index (χ0) is 12.3. The number of benzene rings is 1. The summed E-state index contributed by atoms with van der Waals surface area (Å²) in [5.74, 6) is -1.18. The lowest BCUT2D eigenvalue weighted by Gasteiger charge is -2.12. The molecular formula is C10H7F3O3. The van der Waals surface area contributed by atoms with Crippen molar-refractivity contribution in [2.75, 3.05) is 0 Å². The second kappa shape index (κ2) is 4.34. The predicted molar refractivity (Wildman–Crippen MR) is 48.5 cm³/mol. The zero-order valence-electron chi connectivity index (χ0n) is 8.17. The third-order valence-electron chi connectivity index (χ3n) is 1.79. The fourth-order valence-electron chi connectivity index (χ4n) is 1.19. The van der Waals surface area contributed by atoms with E-state index in [9.17, 15) is 22.8 Å². The maximum Gasteiger partial charge on any atom is 0.573 e. The Morgan fingerprint density at radius 3 is 2.44 bits per heavy atom. The van der Waals surface area contributed by atoms with Crippen LogP contribution in [0, 0.1) is 0 Å². The van der Waals surface area contributed by atoms with E-state index in [1.165, 1.54) is 12.1 Å². The molecule has 1 rings (SSSR count). The van der Waals surface area contributed by atoms with Crippen molar-refractivity contribution in [2.45, 2.75) is 13.3 Å². The summed E-state index contributed by atoms with van der Waals surface area (Å²) in [6.07, 6.45) is -4.73. The van der Waals surface area contributed by atoms with E-state index in [0.29, 0.717) is 0 Å². The van der Waals surface area contributed by atoms with E-state index in [2.05, 4.69) is 4.74 Å². The molecule has 86 valence electrons. The van der Waals surface area contributed by atoms with Gasteiger partial charge in [0.2, 0.25) is 0 Å². The zero-order valence-corrected chi connectivity index (χ0v) is 8.17. The van der Waals surface area contributed by atoms with Gasteiger partial charge in [-0.3, -0.25) is 9.59 Å². The van der Waals surface area contributed by atoms with Crippen LogP contribution in [0.3, 0.4) is 0 Å². The number of ketones is 1. The van der Waals surface area contributed by atoms with Gasteiger partial charge < -0.3 is 4.74 Å². The third kappa shape index (κ3) is 2.82. The lowest BCUT2D eigenvalue weighted by atomic mass is 10.0. The number of halogens is 3. The fraction of sp³-hybridized carbons (Fsp3) is 0.200.